The second-order valence-corrected chi connectivity index (χ2v) is 9.64. The van der Waals surface area contributed by atoms with Gasteiger partial charge in [-0.05, 0) is 42.7 Å². The summed E-state index contributed by atoms with van der Waals surface area (Å²) in [6, 6.07) is 15.3. The van der Waals surface area contributed by atoms with Crippen LogP contribution in [0.2, 0.25) is 0 Å². The Hall–Kier alpha value is -2.06. The normalized spacial score (nSPS) is 13.3. The van der Waals surface area contributed by atoms with Crippen molar-refractivity contribution in [3.63, 3.8) is 0 Å². The fourth-order valence-corrected chi connectivity index (χ4v) is 4.59. The minimum atomic E-state index is -3.56. The maximum absolute atomic E-state index is 12.3. The van der Waals surface area contributed by atoms with E-state index in [0.29, 0.717) is 12.2 Å². The Bertz CT molecular complexity index is 949. The van der Waals surface area contributed by atoms with Crippen LogP contribution >= 0.6 is 15.9 Å². The second kappa shape index (κ2) is 8.96. The molecule has 8 heteroatoms. The van der Waals surface area contributed by atoms with Crippen molar-refractivity contribution in [1.82, 2.24) is 5.32 Å². The van der Waals surface area contributed by atoms with E-state index in [1.807, 2.05) is 6.07 Å². The van der Waals surface area contributed by atoms with Gasteiger partial charge in [0.15, 0.2) is 0 Å². The van der Waals surface area contributed by atoms with E-state index in [9.17, 15) is 13.2 Å². The highest BCUT2D eigenvalue weighted by Crippen LogP contribution is 2.27. The highest BCUT2D eigenvalue weighted by atomic mass is 79.9. The van der Waals surface area contributed by atoms with Crippen molar-refractivity contribution in [3.8, 4) is 0 Å². The molecule has 28 heavy (non-hydrogen) atoms. The maximum atomic E-state index is 12.3. The van der Waals surface area contributed by atoms with Gasteiger partial charge in [0.1, 0.15) is 6.54 Å². The zero-order valence-corrected chi connectivity index (χ0v) is 18.2. The lowest BCUT2D eigenvalue weighted by Gasteiger charge is -2.22. The lowest BCUT2D eigenvalue weighted by atomic mass is 10.2. The van der Waals surface area contributed by atoms with E-state index in [0.717, 1.165) is 41.0 Å². The Labute approximate surface area is 174 Å². The molecule has 1 aliphatic rings. The third-order valence-corrected chi connectivity index (χ3v) is 6.33. The van der Waals surface area contributed by atoms with Crippen molar-refractivity contribution >= 4 is 43.2 Å². The number of hydrogen-bond acceptors (Lipinski definition) is 4. The van der Waals surface area contributed by atoms with Crippen molar-refractivity contribution in [2.45, 2.75) is 12.8 Å². The van der Waals surface area contributed by atoms with Gasteiger partial charge in [0.05, 0.1) is 11.9 Å². The summed E-state index contributed by atoms with van der Waals surface area (Å²) >= 11 is 3.33. The summed E-state index contributed by atoms with van der Waals surface area (Å²) in [5.41, 5.74) is 3.09. The minimum Gasteiger partial charge on any atom is -0.371 e. The van der Waals surface area contributed by atoms with Gasteiger partial charge >= 0.3 is 0 Å². The average Bonchev–Trinajstić information content (AvgIpc) is 3.05. The predicted molar refractivity (Wildman–Crippen MR) is 116 cm³/mol. The van der Waals surface area contributed by atoms with Crippen LogP contribution < -0.4 is 14.5 Å². The number of halogens is 1. The van der Waals surface area contributed by atoms with Crippen molar-refractivity contribution in [2.75, 3.05) is 41.6 Å². The van der Waals surface area contributed by atoms with Crippen LogP contribution in [0.15, 0.2) is 53.0 Å². The number of nitrogens with zero attached hydrogens (tertiary/aromatic N) is 2. The molecule has 0 aromatic heterocycles. The van der Waals surface area contributed by atoms with E-state index in [2.05, 4.69) is 44.3 Å². The molecule has 0 saturated heterocycles. The SMILES string of the molecule is CS(=O)(=O)N(CC(=O)NCCCN1CCc2ccccc21)c1cccc(Br)c1. The summed E-state index contributed by atoms with van der Waals surface area (Å²) in [5, 5.41) is 2.83. The van der Waals surface area contributed by atoms with Gasteiger partial charge in [0.25, 0.3) is 0 Å². The number of para-hydroxylation sites is 1. The topological polar surface area (TPSA) is 69.7 Å². The Kier molecular flexibility index (Phi) is 6.61. The average molecular weight is 466 g/mol. The number of fused-ring (bicyclic) bond motifs is 1. The zero-order valence-electron chi connectivity index (χ0n) is 15.8. The smallest absolute Gasteiger partial charge is 0.240 e. The third-order valence-electron chi connectivity index (χ3n) is 4.69. The molecule has 1 aliphatic heterocycles. The fourth-order valence-electron chi connectivity index (χ4n) is 3.35. The molecule has 1 N–H and O–H groups in total. The standard InChI is InChI=1S/C20H24BrN3O3S/c1-28(26,27)24(18-8-4-7-17(21)14-18)15-20(25)22-11-5-12-23-13-10-16-6-2-3-9-19(16)23/h2-4,6-9,14H,5,10-13,15H2,1H3,(H,22,25). The molecule has 0 fully saturated rings. The van der Waals surface area contributed by atoms with Crippen molar-refractivity contribution in [3.05, 3.63) is 58.6 Å². The van der Waals surface area contributed by atoms with E-state index >= 15 is 0 Å². The molecular formula is C20H24BrN3O3S. The van der Waals surface area contributed by atoms with Crippen LogP contribution in [0.4, 0.5) is 11.4 Å². The van der Waals surface area contributed by atoms with E-state index in [4.69, 9.17) is 0 Å². The number of benzene rings is 2. The molecule has 0 radical (unpaired) electrons. The number of amides is 1. The number of anilines is 2. The van der Waals surface area contributed by atoms with Crippen LogP contribution in [0.25, 0.3) is 0 Å². The summed E-state index contributed by atoms with van der Waals surface area (Å²) in [5.74, 6) is -0.313. The molecular weight excluding hydrogens is 442 g/mol. The molecule has 1 heterocycles. The van der Waals surface area contributed by atoms with Crippen LogP contribution in [0, 0.1) is 0 Å². The van der Waals surface area contributed by atoms with Crippen LogP contribution in [0.3, 0.4) is 0 Å². The molecule has 2 aromatic rings. The second-order valence-electron chi connectivity index (χ2n) is 6.82. The first-order chi connectivity index (χ1) is 13.3. The quantitative estimate of drug-likeness (QED) is 0.608. The number of carbonyl (C=O) groups excluding carboxylic acids is 1. The summed E-state index contributed by atoms with van der Waals surface area (Å²) in [6.07, 6.45) is 2.96. The van der Waals surface area contributed by atoms with Crippen LogP contribution in [-0.2, 0) is 21.2 Å². The Morgan fingerprint density at radius 2 is 2.00 bits per heavy atom. The van der Waals surface area contributed by atoms with Crippen LogP contribution in [-0.4, -0.2) is 46.8 Å². The molecule has 6 nitrogen and oxygen atoms in total. The largest absolute Gasteiger partial charge is 0.371 e. The number of nitrogens with one attached hydrogen (secondary N) is 1. The highest BCUT2D eigenvalue weighted by molar-refractivity contribution is 9.10. The van der Waals surface area contributed by atoms with Gasteiger partial charge in [-0.25, -0.2) is 8.42 Å². The minimum absolute atomic E-state index is 0.234. The summed E-state index contributed by atoms with van der Waals surface area (Å²) in [7, 11) is -3.56. The summed E-state index contributed by atoms with van der Waals surface area (Å²) in [4.78, 5) is 14.6. The molecule has 3 rings (SSSR count). The van der Waals surface area contributed by atoms with Crippen LogP contribution in [0.1, 0.15) is 12.0 Å². The molecule has 2 aromatic carbocycles. The fraction of sp³-hybridized carbons (Fsp3) is 0.350. The Morgan fingerprint density at radius 3 is 2.75 bits per heavy atom. The van der Waals surface area contributed by atoms with Crippen LogP contribution in [0.5, 0.6) is 0 Å². The number of hydrogen-bond donors (Lipinski definition) is 1. The van der Waals surface area contributed by atoms with Gasteiger partial charge in [-0.15, -0.1) is 0 Å². The summed E-state index contributed by atoms with van der Waals surface area (Å²) in [6.45, 7) is 2.13. The molecule has 0 spiro atoms. The Balaban J connectivity index is 1.50. The lowest BCUT2D eigenvalue weighted by Crippen LogP contribution is -2.41. The number of sulfonamides is 1. The predicted octanol–water partition coefficient (Wildman–Crippen LogP) is 2.78. The molecule has 0 unspecified atom stereocenters. The van der Waals surface area contributed by atoms with Gasteiger partial charge in [-0.3, -0.25) is 9.10 Å². The molecule has 0 atom stereocenters. The van der Waals surface area contributed by atoms with E-state index in [-0.39, 0.29) is 12.5 Å². The zero-order chi connectivity index (χ0) is 20.1. The summed E-state index contributed by atoms with van der Waals surface area (Å²) < 4.78 is 26.1. The lowest BCUT2D eigenvalue weighted by molar-refractivity contribution is -0.119. The van der Waals surface area contributed by atoms with Gasteiger partial charge in [-0.2, -0.15) is 0 Å². The first kappa shape index (κ1) is 20.7. The van der Waals surface area contributed by atoms with E-state index < -0.39 is 10.0 Å². The molecule has 150 valence electrons. The first-order valence-corrected chi connectivity index (χ1v) is 11.8. The third kappa shape index (κ3) is 5.26. The highest BCUT2D eigenvalue weighted by Gasteiger charge is 2.21. The maximum Gasteiger partial charge on any atom is 0.240 e. The van der Waals surface area contributed by atoms with Gasteiger partial charge < -0.3 is 10.2 Å². The molecule has 0 aliphatic carbocycles. The monoisotopic (exact) mass is 465 g/mol. The van der Waals surface area contributed by atoms with Gasteiger partial charge in [-0.1, -0.05) is 40.2 Å². The molecule has 1 amide bonds. The van der Waals surface area contributed by atoms with E-state index in [1.165, 1.54) is 11.3 Å². The number of rotatable bonds is 8. The van der Waals surface area contributed by atoms with Gasteiger partial charge in [0, 0.05) is 29.8 Å². The van der Waals surface area contributed by atoms with Gasteiger partial charge in [0.2, 0.25) is 15.9 Å². The van der Waals surface area contributed by atoms with Crippen molar-refractivity contribution < 1.29 is 13.2 Å². The number of carbonyl (C=O) groups is 1. The Morgan fingerprint density at radius 1 is 1.21 bits per heavy atom. The van der Waals surface area contributed by atoms with E-state index in [1.54, 1.807) is 24.3 Å². The van der Waals surface area contributed by atoms with Crippen molar-refractivity contribution in [1.29, 1.82) is 0 Å². The first-order valence-electron chi connectivity index (χ1n) is 9.17. The molecule has 0 saturated carbocycles. The van der Waals surface area contributed by atoms with Crippen molar-refractivity contribution in [2.24, 2.45) is 0 Å². The molecule has 0 bridgehead atoms.